The molecule has 0 spiro atoms. The lowest BCUT2D eigenvalue weighted by Gasteiger charge is -2.21. The summed E-state index contributed by atoms with van der Waals surface area (Å²) < 4.78 is 5.07. The maximum atomic E-state index is 13.0. The number of furan rings is 1. The molecule has 3 aromatic rings. The van der Waals surface area contributed by atoms with E-state index >= 15 is 0 Å². The van der Waals surface area contributed by atoms with Gasteiger partial charge in [0.2, 0.25) is 0 Å². The predicted molar refractivity (Wildman–Crippen MR) is 102 cm³/mol. The number of hydrogen-bond acceptors (Lipinski definition) is 4. The second-order valence-corrected chi connectivity index (χ2v) is 7.15. The summed E-state index contributed by atoms with van der Waals surface area (Å²) in [7, 11) is 0. The molecule has 0 radical (unpaired) electrons. The van der Waals surface area contributed by atoms with Crippen LogP contribution in [0.25, 0.3) is 0 Å². The van der Waals surface area contributed by atoms with Crippen LogP contribution in [0.5, 0.6) is 0 Å². The van der Waals surface area contributed by atoms with E-state index in [2.05, 4.69) is 5.32 Å². The molecule has 132 valence electrons. The molecule has 2 aromatic heterocycles. The van der Waals surface area contributed by atoms with E-state index in [9.17, 15) is 9.59 Å². The van der Waals surface area contributed by atoms with Crippen LogP contribution in [0.2, 0.25) is 0 Å². The number of hydrogen-bond donors (Lipinski definition) is 1. The number of rotatable bonds is 3. The maximum Gasteiger partial charge on any atom is 0.291 e. The number of fused-ring (bicyclic) bond motifs is 1. The molecule has 0 aliphatic carbocycles. The zero-order valence-electron chi connectivity index (χ0n) is 14.1. The molecule has 0 atom stereocenters. The highest BCUT2D eigenvalue weighted by Gasteiger charge is 2.23. The lowest BCUT2D eigenvalue weighted by atomic mass is 10.1. The SMILES string of the molecule is O=C(Nc1ccc(C(=O)N2CCCCc3sccc32)cc1)c1ccco1. The van der Waals surface area contributed by atoms with Gasteiger partial charge in [0.25, 0.3) is 11.8 Å². The summed E-state index contributed by atoms with van der Waals surface area (Å²) in [5, 5.41) is 4.80. The third-order valence-electron chi connectivity index (χ3n) is 4.43. The minimum absolute atomic E-state index is 0.00420. The lowest BCUT2D eigenvalue weighted by Crippen LogP contribution is -2.31. The monoisotopic (exact) mass is 366 g/mol. The summed E-state index contributed by atoms with van der Waals surface area (Å²) in [4.78, 5) is 28.1. The van der Waals surface area contributed by atoms with Gasteiger partial charge in [0, 0.05) is 22.7 Å². The third kappa shape index (κ3) is 3.28. The van der Waals surface area contributed by atoms with E-state index in [-0.39, 0.29) is 17.6 Å². The minimum atomic E-state index is -0.315. The van der Waals surface area contributed by atoms with E-state index in [1.807, 2.05) is 16.3 Å². The van der Waals surface area contributed by atoms with E-state index in [4.69, 9.17) is 4.42 Å². The molecule has 3 heterocycles. The van der Waals surface area contributed by atoms with Crippen molar-refractivity contribution in [2.45, 2.75) is 19.3 Å². The number of benzene rings is 1. The van der Waals surface area contributed by atoms with Crippen LogP contribution in [0.1, 0.15) is 38.6 Å². The first-order chi connectivity index (χ1) is 12.7. The largest absolute Gasteiger partial charge is 0.459 e. The van der Waals surface area contributed by atoms with Gasteiger partial charge in [-0.05, 0) is 67.1 Å². The van der Waals surface area contributed by atoms with Gasteiger partial charge in [-0.2, -0.15) is 0 Å². The number of nitrogens with one attached hydrogen (secondary N) is 1. The zero-order chi connectivity index (χ0) is 17.9. The number of nitrogens with zero attached hydrogens (tertiary/aromatic N) is 1. The standard InChI is InChI=1S/C20H18N2O3S/c23-19(17-4-3-12-25-17)21-15-8-6-14(7-9-15)20(24)22-11-2-1-5-18-16(22)10-13-26-18/h3-4,6-10,12-13H,1-2,5,11H2,(H,21,23). The molecular weight excluding hydrogens is 348 g/mol. The number of carbonyl (C=O) groups excluding carboxylic acids is 2. The number of aryl methyl sites for hydroxylation is 1. The molecule has 1 aliphatic rings. The molecule has 0 saturated carbocycles. The molecule has 2 amide bonds. The van der Waals surface area contributed by atoms with Crippen LogP contribution in [-0.2, 0) is 6.42 Å². The molecule has 0 unspecified atom stereocenters. The zero-order valence-corrected chi connectivity index (χ0v) is 14.9. The van der Waals surface area contributed by atoms with Crippen LogP contribution in [0.3, 0.4) is 0 Å². The van der Waals surface area contributed by atoms with Crippen molar-refractivity contribution in [2.24, 2.45) is 0 Å². The topological polar surface area (TPSA) is 62.6 Å². The maximum absolute atomic E-state index is 13.0. The Bertz CT molecular complexity index is 913. The van der Waals surface area contributed by atoms with Gasteiger partial charge >= 0.3 is 0 Å². The van der Waals surface area contributed by atoms with E-state index in [0.29, 0.717) is 11.3 Å². The molecule has 5 nitrogen and oxygen atoms in total. The molecule has 1 aromatic carbocycles. The molecule has 0 fully saturated rings. The van der Waals surface area contributed by atoms with Crippen LogP contribution in [0.15, 0.2) is 58.5 Å². The first-order valence-electron chi connectivity index (χ1n) is 8.55. The molecule has 6 heteroatoms. The summed E-state index contributed by atoms with van der Waals surface area (Å²) in [5.74, 6) is -0.0697. The van der Waals surface area contributed by atoms with Crippen LogP contribution < -0.4 is 10.2 Å². The van der Waals surface area contributed by atoms with Crippen molar-refractivity contribution in [3.8, 4) is 0 Å². The van der Waals surface area contributed by atoms with E-state index in [1.54, 1.807) is 47.7 Å². The van der Waals surface area contributed by atoms with E-state index in [1.165, 1.54) is 11.1 Å². The number of thiophene rings is 1. The van der Waals surface area contributed by atoms with Crippen LogP contribution >= 0.6 is 11.3 Å². The summed E-state index contributed by atoms with van der Waals surface area (Å²) in [6, 6.07) is 12.3. The van der Waals surface area contributed by atoms with Crippen molar-refractivity contribution in [3.05, 3.63) is 70.3 Å². The van der Waals surface area contributed by atoms with Gasteiger partial charge in [-0.25, -0.2) is 0 Å². The first kappa shape index (κ1) is 16.6. The number of amides is 2. The molecule has 1 N–H and O–H groups in total. The Labute approximate surface area is 155 Å². The van der Waals surface area contributed by atoms with Gasteiger partial charge in [0.1, 0.15) is 0 Å². The van der Waals surface area contributed by atoms with Crippen LogP contribution in [0, 0.1) is 0 Å². The first-order valence-corrected chi connectivity index (χ1v) is 9.43. The molecular formula is C20H18N2O3S. The lowest BCUT2D eigenvalue weighted by molar-refractivity contribution is 0.0984. The van der Waals surface area contributed by atoms with Crippen molar-refractivity contribution in [1.82, 2.24) is 0 Å². The number of carbonyl (C=O) groups is 2. The third-order valence-corrected chi connectivity index (χ3v) is 5.40. The van der Waals surface area contributed by atoms with Gasteiger partial charge in [-0.3, -0.25) is 9.59 Å². The Morgan fingerprint density at radius 1 is 1.08 bits per heavy atom. The fourth-order valence-corrected chi connectivity index (χ4v) is 4.02. The summed E-state index contributed by atoms with van der Waals surface area (Å²) in [5.41, 5.74) is 2.27. The predicted octanol–water partition coefficient (Wildman–Crippen LogP) is 4.58. The summed E-state index contributed by atoms with van der Waals surface area (Å²) in [6.45, 7) is 0.736. The molecule has 0 bridgehead atoms. The summed E-state index contributed by atoms with van der Waals surface area (Å²) in [6.07, 6.45) is 4.60. The average molecular weight is 366 g/mol. The van der Waals surface area contributed by atoms with Crippen LogP contribution in [0.4, 0.5) is 11.4 Å². The fraction of sp³-hybridized carbons (Fsp3) is 0.200. The van der Waals surface area contributed by atoms with Gasteiger partial charge in [-0.1, -0.05) is 0 Å². The minimum Gasteiger partial charge on any atom is -0.459 e. The van der Waals surface area contributed by atoms with E-state index < -0.39 is 0 Å². The smallest absolute Gasteiger partial charge is 0.291 e. The van der Waals surface area contributed by atoms with Crippen molar-refractivity contribution in [3.63, 3.8) is 0 Å². The van der Waals surface area contributed by atoms with Gasteiger partial charge in [-0.15, -0.1) is 11.3 Å². The molecule has 1 aliphatic heterocycles. The van der Waals surface area contributed by atoms with Crippen molar-refractivity contribution in [2.75, 3.05) is 16.8 Å². The highest BCUT2D eigenvalue weighted by Crippen LogP contribution is 2.32. The molecule has 26 heavy (non-hydrogen) atoms. The van der Waals surface area contributed by atoms with Crippen molar-refractivity contribution >= 4 is 34.5 Å². The van der Waals surface area contributed by atoms with Gasteiger partial charge in [0.05, 0.1) is 12.0 Å². The second-order valence-electron chi connectivity index (χ2n) is 6.15. The van der Waals surface area contributed by atoms with Gasteiger partial charge in [0.15, 0.2) is 5.76 Å². The quantitative estimate of drug-likeness (QED) is 0.738. The fourth-order valence-electron chi connectivity index (χ4n) is 3.10. The Hall–Kier alpha value is -2.86. The Kier molecular flexibility index (Phi) is 4.58. The normalized spacial score (nSPS) is 13.8. The molecule has 4 rings (SSSR count). The summed E-state index contributed by atoms with van der Waals surface area (Å²) >= 11 is 1.71. The molecule has 0 saturated heterocycles. The highest BCUT2D eigenvalue weighted by atomic mass is 32.1. The van der Waals surface area contributed by atoms with Crippen molar-refractivity contribution in [1.29, 1.82) is 0 Å². The Morgan fingerprint density at radius 3 is 2.69 bits per heavy atom. The van der Waals surface area contributed by atoms with Gasteiger partial charge < -0.3 is 14.6 Å². The average Bonchev–Trinajstić information content (AvgIpc) is 3.31. The Morgan fingerprint density at radius 2 is 1.92 bits per heavy atom. The number of anilines is 2. The van der Waals surface area contributed by atoms with Crippen molar-refractivity contribution < 1.29 is 14.0 Å². The second kappa shape index (κ2) is 7.17. The highest BCUT2D eigenvalue weighted by molar-refractivity contribution is 7.10. The van der Waals surface area contributed by atoms with E-state index in [0.717, 1.165) is 31.5 Å². The van der Waals surface area contributed by atoms with Crippen LogP contribution in [-0.4, -0.2) is 18.4 Å². The Balaban J connectivity index is 1.50.